The Labute approximate surface area is 156 Å². The molecule has 0 aliphatic heterocycles. The first kappa shape index (κ1) is 17.0. The largest absolute Gasteiger partial charge is 0.468 e. The smallest absolute Gasteiger partial charge is 0.321 e. The molecule has 1 heterocycles. The van der Waals surface area contributed by atoms with Gasteiger partial charge in [-0.3, -0.25) is 14.6 Å². The molecule has 2 aromatic carbocycles. The lowest BCUT2D eigenvalue weighted by Gasteiger charge is -2.13. The number of aromatic nitrogens is 1. The number of methoxy groups -OCH3 is 1. The lowest BCUT2D eigenvalue weighted by Crippen LogP contribution is -2.32. The summed E-state index contributed by atoms with van der Waals surface area (Å²) < 4.78 is 10.7. The Kier molecular flexibility index (Phi) is 4.24. The van der Waals surface area contributed by atoms with Gasteiger partial charge in [-0.05, 0) is 55.3 Å². The third-order valence-corrected chi connectivity index (χ3v) is 4.71. The van der Waals surface area contributed by atoms with Gasteiger partial charge in [0.05, 0.1) is 12.6 Å². The average Bonchev–Trinajstić information content (AvgIpc) is 3.51. The van der Waals surface area contributed by atoms with E-state index in [2.05, 4.69) is 10.3 Å². The van der Waals surface area contributed by atoms with Crippen molar-refractivity contribution in [1.29, 1.82) is 0 Å². The summed E-state index contributed by atoms with van der Waals surface area (Å²) in [5.74, 6) is 0.533. The summed E-state index contributed by atoms with van der Waals surface area (Å²) in [5, 5.41) is 3.70. The highest BCUT2D eigenvalue weighted by Crippen LogP contribution is 2.47. The summed E-state index contributed by atoms with van der Waals surface area (Å²) in [6.07, 6.45) is 2.73. The van der Waals surface area contributed by atoms with Crippen LogP contribution in [0.3, 0.4) is 0 Å². The average molecular weight is 362 g/mol. The van der Waals surface area contributed by atoms with E-state index in [1.165, 1.54) is 7.11 Å². The van der Waals surface area contributed by atoms with E-state index in [1.807, 2.05) is 30.3 Å². The van der Waals surface area contributed by atoms with Crippen LogP contribution in [-0.2, 0) is 14.3 Å². The molecule has 27 heavy (non-hydrogen) atoms. The molecule has 0 saturated heterocycles. The minimum atomic E-state index is -1.03. The lowest BCUT2D eigenvalue weighted by molar-refractivity contribution is -0.150. The highest BCUT2D eigenvalue weighted by molar-refractivity contribution is 6.11. The zero-order valence-electron chi connectivity index (χ0n) is 14.8. The number of esters is 1. The quantitative estimate of drug-likeness (QED) is 0.550. The number of rotatable bonds is 5. The van der Waals surface area contributed by atoms with Gasteiger partial charge in [0.1, 0.15) is 16.9 Å². The second-order valence-corrected chi connectivity index (χ2v) is 6.48. The van der Waals surface area contributed by atoms with Crippen molar-refractivity contribution < 1.29 is 19.1 Å². The maximum absolute atomic E-state index is 12.4. The maximum atomic E-state index is 12.4. The number of para-hydroxylation sites is 1. The third-order valence-electron chi connectivity index (χ3n) is 4.71. The van der Waals surface area contributed by atoms with E-state index in [0.29, 0.717) is 30.0 Å². The molecule has 0 spiro atoms. The van der Waals surface area contributed by atoms with E-state index >= 15 is 0 Å². The van der Waals surface area contributed by atoms with E-state index in [1.54, 1.807) is 30.5 Å². The molecule has 1 fully saturated rings. The third kappa shape index (κ3) is 3.21. The highest BCUT2D eigenvalue weighted by atomic mass is 16.5. The van der Waals surface area contributed by atoms with Crippen LogP contribution in [0.1, 0.15) is 12.8 Å². The predicted octanol–water partition coefficient (Wildman–Crippen LogP) is 3.92. The highest BCUT2D eigenvalue weighted by Gasteiger charge is 2.57. The number of pyridine rings is 1. The van der Waals surface area contributed by atoms with Crippen molar-refractivity contribution in [3.8, 4) is 11.5 Å². The van der Waals surface area contributed by atoms with Crippen LogP contribution in [0.4, 0.5) is 5.69 Å². The van der Waals surface area contributed by atoms with Gasteiger partial charge in [-0.25, -0.2) is 0 Å². The molecule has 0 radical (unpaired) electrons. The number of nitrogens with one attached hydrogen (secondary N) is 1. The number of amides is 1. The zero-order chi connectivity index (χ0) is 18.9. The fourth-order valence-electron chi connectivity index (χ4n) is 2.99. The SMILES string of the molecule is COC(=O)C1(C(=O)Nc2ccc(Oc3ccnc4ccccc34)cc2)CC1. The molecule has 1 amide bonds. The summed E-state index contributed by atoms with van der Waals surface area (Å²) in [5.41, 5.74) is 0.429. The van der Waals surface area contributed by atoms with Gasteiger partial charge in [0.25, 0.3) is 0 Å². The Morgan fingerprint density at radius 2 is 1.78 bits per heavy atom. The first-order valence-electron chi connectivity index (χ1n) is 8.64. The fraction of sp³-hybridized carbons (Fsp3) is 0.190. The number of ether oxygens (including phenoxy) is 2. The molecule has 3 aromatic rings. The van der Waals surface area contributed by atoms with Crippen LogP contribution < -0.4 is 10.1 Å². The molecule has 1 aliphatic rings. The topological polar surface area (TPSA) is 77.5 Å². The number of carbonyl (C=O) groups excluding carboxylic acids is 2. The van der Waals surface area contributed by atoms with Gasteiger partial charge in [-0.2, -0.15) is 0 Å². The Morgan fingerprint density at radius 1 is 1.04 bits per heavy atom. The van der Waals surface area contributed by atoms with E-state index < -0.39 is 11.4 Å². The first-order chi connectivity index (χ1) is 13.1. The molecule has 6 heteroatoms. The second-order valence-electron chi connectivity index (χ2n) is 6.48. The summed E-state index contributed by atoms with van der Waals surface area (Å²) in [7, 11) is 1.30. The van der Waals surface area contributed by atoms with Gasteiger partial charge >= 0.3 is 5.97 Å². The number of carbonyl (C=O) groups is 2. The summed E-state index contributed by atoms with van der Waals surface area (Å²) >= 11 is 0. The minimum Gasteiger partial charge on any atom is -0.468 e. The van der Waals surface area contributed by atoms with Crippen molar-refractivity contribution in [3.63, 3.8) is 0 Å². The van der Waals surface area contributed by atoms with Crippen LogP contribution >= 0.6 is 0 Å². The molecule has 0 unspecified atom stereocenters. The van der Waals surface area contributed by atoms with Crippen molar-refractivity contribution >= 4 is 28.5 Å². The zero-order valence-corrected chi connectivity index (χ0v) is 14.8. The Morgan fingerprint density at radius 3 is 2.48 bits per heavy atom. The number of hydrogen-bond acceptors (Lipinski definition) is 5. The van der Waals surface area contributed by atoms with Gasteiger partial charge in [-0.1, -0.05) is 12.1 Å². The van der Waals surface area contributed by atoms with Crippen LogP contribution in [-0.4, -0.2) is 24.0 Å². The lowest BCUT2D eigenvalue weighted by atomic mass is 10.1. The normalized spacial score (nSPS) is 14.4. The molecule has 1 aromatic heterocycles. The van der Waals surface area contributed by atoms with Crippen LogP contribution in [0.5, 0.6) is 11.5 Å². The van der Waals surface area contributed by atoms with Gasteiger partial charge in [-0.15, -0.1) is 0 Å². The molecule has 4 rings (SSSR count). The van der Waals surface area contributed by atoms with E-state index in [4.69, 9.17) is 9.47 Å². The second kappa shape index (κ2) is 6.72. The van der Waals surface area contributed by atoms with E-state index in [9.17, 15) is 9.59 Å². The predicted molar refractivity (Wildman–Crippen MR) is 101 cm³/mol. The van der Waals surface area contributed by atoms with Crippen LogP contribution in [0.25, 0.3) is 10.9 Å². The molecule has 1 N–H and O–H groups in total. The number of hydrogen-bond donors (Lipinski definition) is 1. The molecule has 1 saturated carbocycles. The van der Waals surface area contributed by atoms with Crippen LogP contribution in [0.2, 0.25) is 0 Å². The molecular formula is C21H18N2O4. The minimum absolute atomic E-state index is 0.330. The van der Waals surface area contributed by atoms with Gasteiger partial charge in [0.2, 0.25) is 5.91 Å². The van der Waals surface area contributed by atoms with Gasteiger partial charge in [0, 0.05) is 17.3 Å². The molecular weight excluding hydrogens is 344 g/mol. The number of fused-ring (bicyclic) bond motifs is 1. The molecule has 0 bridgehead atoms. The van der Waals surface area contributed by atoms with Gasteiger partial charge in [0.15, 0.2) is 0 Å². The van der Waals surface area contributed by atoms with E-state index in [-0.39, 0.29) is 5.91 Å². The van der Waals surface area contributed by atoms with Crippen molar-refractivity contribution in [1.82, 2.24) is 4.98 Å². The van der Waals surface area contributed by atoms with Crippen molar-refractivity contribution in [2.75, 3.05) is 12.4 Å². The Hall–Kier alpha value is -3.41. The first-order valence-corrected chi connectivity index (χ1v) is 8.64. The van der Waals surface area contributed by atoms with Crippen molar-refractivity contribution in [2.45, 2.75) is 12.8 Å². The van der Waals surface area contributed by atoms with E-state index in [0.717, 1.165) is 10.9 Å². The molecule has 136 valence electrons. The number of nitrogens with zero attached hydrogens (tertiary/aromatic N) is 1. The summed E-state index contributed by atoms with van der Waals surface area (Å²) in [4.78, 5) is 28.5. The van der Waals surface area contributed by atoms with Crippen molar-refractivity contribution in [3.05, 3.63) is 60.8 Å². The van der Waals surface area contributed by atoms with Crippen molar-refractivity contribution in [2.24, 2.45) is 5.41 Å². The maximum Gasteiger partial charge on any atom is 0.321 e. The summed E-state index contributed by atoms with van der Waals surface area (Å²) in [6.45, 7) is 0. The Bertz CT molecular complexity index is 1000. The summed E-state index contributed by atoms with van der Waals surface area (Å²) in [6, 6.07) is 16.6. The molecule has 1 aliphatic carbocycles. The van der Waals surface area contributed by atoms with Gasteiger partial charge < -0.3 is 14.8 Å². The van der Waals surface area contributed by atoms with Crippen LogP contribution in [0, 0.1) is 5.41 Å². The Balaban J connectivity index is 1.48. The molecule has 0 atom stereocenters. The fourth-order valence-corrected chi connectivity index (χ4v) is 2.99. The number of anilines is 1. The monoisotopic (exact) mass is 362 g/mol. The molecule has 6 nitrogen and oxygen atoms in total. The van der Waals surface area contributed by atoms with Crippen LogP contribution in [0.15, 0.2) is 60.8 Å². The number of benzene rings is 2. The standard InChI is InChI=1S/C21H18N2O4/c1-26-20(25)21(11-12-21)19(24)23-14-6-8-15(9-7-14)27-18-10-13-22-17-5-3-2-4-16(17)18/h2-10,13H,11-12H2,1H3,(H,23,24).